The molecule has 1 aromatic heterocycles. The Morgan fingerprint density at radius 2 is 2.08 bits per heavy atom. The molecular weight excluding hydrogens is 305 g/mol. The molecule has 0 unspecified atom stereocenters. The highest BCUT2D eigenvalue weighted by molar-refractivity contribution is 14.1. The van der Waals surface area contributed by atoms with Crippen LogP contribution in [-0.4, -0.2) is 4.98 Å². The van der Waals surface area contributed by atoms with Gasteiger partial charge in [0.25, 0.3) is 6.43 Å². The molecule has 0 aliphatic rings. The van der Waals surface area contributed by atoms with E-state index in [1.165, 1.54) is 0 Å². The summed E-state index contributed by atoms with van der Waals surface area (Å²) >= 11 is 6.88. The third kappa shape index (κ3) is 2.01. The van der Waals surface area contributed by atoms with E-state index < -0.39 is 23.0 Å². The SMILES string of the molecule is Fc1nc(I)cc(C(F)F)c1Cl. The molecule has 0 bridgehead atoms. The van der Waals surface area contributed by atoms with Gasteiger partial charge in [-0.2, -0.15) is 4.39 Å². The lowest BCUT2D eigenvalue weighted by molar-refractivity contribution is 0.150. The number of halogens is 5. The van der Waals surface area contributed by atoms with Crippen LogP contribution in [0.3, 0.4) is 0 Å². The van der Waals surface area contributed by atoms with Crippen LogP contribution in [0.2, 0.25) is 5.02 Å². The summed E-state index contributed by atoms with van der Waals surface area (Å²) < 4.78 is 37.0. The van der Waals surface area contributed by atoms with Gasteiger partial charge < -0.3 is 0 Å². The summed E-state index contributed by atoms with van der Waals surface area (Å²) in [5.41, 5.74) is -0.520. The summed E-state index contributed by atoms with van der Waals surface area (Å²) in [7, 11) is 0. The van der Waals surface area contributed by atoms with E-state index in [0.29, 0.717) is 0 Å². The second-order valence-electron chi connectivity index (χ2n) is 1.94. The normalized spacial score (nSPS) is 10.8. The number of rotatable bonds is 1. The van der Waals surface area contributed by atoms with E-state index >= 15 is 0 Å². The Morgan fingerprint density at radius 3 is 2.58 bits per heavy atom. The highest BCUT2D eigenvalue weighted by atomic mass is 127. The quantitative estimate of drug-likeness (QED) is 0.572. The monoisotopic (exact) mass is 307 g/mol. The van der Waals surface area contributed by atoms with Crippen molar-refractivity contribution in [1.29, 1.82) is 0 Å². The van der Waals surface area contributed by atoms with Crippen molar-refractivity contribution >= 4 is 34.2 Å². The number of hydrogen-bond acceptors (Lipinski definition) is 1. The van der Waals surface area contributed by atoms with Crippen molar-refractivity contribution in [1.82, 2.24) is 4.98 Å². The molecule has 66 valence electrons. The fraction of sp³-hybridized carbons (Fsp3) is 0.167. The largest absolute Gasteiger partial charge is 0.265 e. The summed E-state index contributed by atoms with van der Waals surface area (Å²) in [6.07, 6.45) is -2.77. The van der Waals surface area contributed by atoms with Gasteiger partial charge in [-0.25, -0.2) is 13.8 Å². The Labute approximate surface area is 85.1 Å². The molecule has 0 amide bonds. The van der Waals surface area contributed by atoms with E-state index in [9.17, 15) is 13.2 Å². The summed E-state index contributed by atoms with van der Waals surface area (Å²) in [6.45, 7) is 0. The molecule has 0 radical (unpaired) electrons. The molecule has 0 atom stereocenters. The first-order valence-electron chi connectivity index (χ1n) is 2.82. The predicted octanol–water partition coefficient (Wildman–Crippen LogP) is 3.42. The van der Waals surface area contributed by atoms with Crippen LogP contribution >= 0.6 is 34.2 Å². The summed E-state index contributed by atoms with van der Waals surface area (Å²) in [4.78, 5) is 3.27. The topological polar surface area (TPSA) is 12.9 Å². The van der Waals surface area contributed by atoms with Crippen LogP contribution in [0.5, 0.6) is 0 Å². The van der Waals surface area contributed by atoms with Crippen molar-refractivity contribution in [2.24, 2.45) is 0 Å². The number of pyridine rings is 1. The Kier molecular flexibility index (Phi) is 3.16. The van der Waals surface area contributed by atoms with Crippen LogP contribution in [0.15, 0.2) is 6.07 Å². The molecule has 0 spiro atoms. The zero-order valence-electron chi connectivity index (χ0n) is 5.49. The van der Waals surface area contributed by atoms with Gasteiger partial charge in [0.1, 0.15) is 8.72 Å². The molecular formula is C6H2ClF3IN. The minimum atomic E-state index is -2.77. The maximum atomic E-state index is 12.6. The highest BCUT2D eigenvalue weighted by Crippen LogP contribution is 2.29. The van der Waals surface area contributed by atoms with Gasteiger partial charge in [0.2, 0.25) is 5.95 Å². The second-order valence-corrected chi connectivity index (χ2v) is 3.42. The molecule has 0 saturated carbocycles. The fourth-order valence-electron chi connectivity index (χ4n) is 0.645. The van der Waals surface area contributed by atoms with Crippen LogP contribution in [-0.2, 0) is 0 Å². The molecule has 0 fully saturated rings. The van der Waals surface area contributed by atoms with Crippen molar-refractivity contribution in [2.45, 2.75) is 6.43 Å². The maximum Gasteiger partial charge on any atom is 0.265 e. The molecule has 6 heteroatoms. The van der Waals surface area contributed by atoms with E-state index in [-0.39, 0.29) is 3.70 Å². The van der Waals surface area contributed by atoms with Gasteiger partial charge in [-0.3, -0.25) is 0 Å². The third-order valence-corrected chi connectivity index (χ3v) is 2.08. The Morgan fingerprint density at radius 1 is 1.50 bits per heavy atom. The van der Waals surface area contributed by atoms with Gasteiger partial charge in [-0.15, -0.1) is 0 Å². The zero-order chi connectivity index (χ0) is 9.30. The summed E-state index contributed by atoms with van der Waals surface area (Å²) in [5, 5.41) is -0.606. The van der Waals surface area contributed by atoms with Crippen molar-refractivity contribution in [3.8, 4) is 0 Å². The Balaban J connectivity index is 3.28. The molecule has 0 saturated heterocycles. The molecule has 12 heavy (non-hydrogen) atoms. The zero-order valence-corrected chi connectivity index (χ0v) is 8.41. The van der Waals surface area contributed by atoms with Gasteiger partial charge in [0, 0.05) is 5.56 Å². The van der Waals surface area contributed by atoms with E-state index in [0.717, 1.165) is 6.07 Å². The van der Waals surface area contributed by atoms with Crippen LogP contribution in [0.25, 0.3) is 0 Å². The smallest absolute Gasteiger partial charge is 0.212 e. The minimum Gasteiger partial charge on any atom is -0.212 e. The van der Waals surface area contributed by atoms with Crippen molar-refractivity contribution < 1.29 is 13.2 Å². The van der Waals surface area contributed by atoms with Crippen LogP contribution < -0.4 is 0 Å². The lowest BCUT2D eigenvalue weighted by atomic mass is 10.3. The molecule has 1 nitrogen and oxygen atoms in total. The van der Waals surface area contributed by atoms with Crippen molar-refractivity contribution in [2.75, 3.05) is 0 Å². The summed E-state index contributed by atoms with van der Waals surface area (Å²) in [5.74, 6) is -1.06. The van der Waals surface area contributed by atoms with Crippen molar-refractivity contribution in [3.05, 3.63) is 26.3 Å². The summed E-state index contributed by atoms with van der Waals surface area (Å²) in [6, 6.07) is 1.05. The molecule has 1 aromatic rings. The first kappa shape index (κ1) is 10.0. The van der Waals surface area contributed by atoms with E-state index in [2.05, 4.69) is 4.98 Å². The van der Waals surface area contributed by atoms with Crippen LogP contribution in [0.1, 0.15) is 12.0 Å². The molecule has 0 N–H and O–H groups in total. The van der Waals surface area contributed by atoms with Gasteiger partial charge in [-0.1, -0.05) is 11.6 Å². The van der Waals surface area contributed by atoms with E-state index in [1.54, 1.807) is 22.6 Å². The van der Waals surface area contributed by atoms with Crippen LogP contribution in [0, 0.1) is 9.65 Å². The minimum absolute atomic E-state index is 0.157. The first-order chi connectivity index (χ1) is 5.52. The lowest BCUT2D eigenvalue weighted by Gasteiger charge is -2.03. The standard InChI is InChI=1S/C6H2ClF3IN/c7-4-2(5(8)9)1-3(11)12-6(4)10/h1,5H. The third-order valence-electron chi connectivity index (χ3n) is 1.15. The second kappa shape index (κ2) is 3.78. The predicted molar refractivity (Wildman–Crippen MR) is 46.9 cm³/mol. The maximum absolute atomic E-state index is 12.6. The number of aromatic nitrogens is 1. The fourth-order valence-corrected chi connectivity index (χ4v) is 1.37. The number of hydrogen-bond donors (Lipinski definition) is 0. The van der Waals surface area contributed by atoms with Gasteiger partial charge in [0.05, 0.1) is 0 Å². The van der Waals surface area contributed by atoms with Crippen molar-refractivity contribution in [3.63, 3.8) is 0 Å². The average molecular weight is 307 g/mol. The molecule has 0 aliphatic heterocycles. The number of alkyl halides is 2. The molecule has 1 heterocycles. The Hall–Kier alpha value is -0.0400. The first-order valence-corrected chi connectivity index (χ1v) is 4.27. The molecule has 0 aliphatic carbocycles. The highest BCUT2D eigenvalue weighted by Gasteiger charge is 2.17. The van der Waals surface area contributed by atoms with Gasteiger partial charge in [-0.05, 0) is 28.7 Å². The van der Waals surface area contributed by atoms with Gasteiger partial charge >= 0.3 is 0 Å². The average Bonchev–Trinajstić information content (AvgIpc) is 1.96. The molecule has 0 aromatic carbocycles. The van der Waals surface area contributed by atoms with E-state index in [1.807, 2.05) is 0 Å². The van der Waals surface area contributed by atoms with E-state index in [4.69, 9.17) is 11.6 Å². The molecule has 1 rings (SSSR count). The Bertz CT molecular complexity index is 305. The number of nitrogens with zero attached hydrogens (tertiary/aromatic N) is 1. The van der Waals surface area contributed by atoms with Crippen LogP contribution in [0.4, 0.5) is 13.2 Å². The van der Waals surface area contributed by atoms with Gasteiger partial charge in [0.15, 0.2) is 0 Å². The lowest BCUT2D eigenvalue weighted by Crippen LogP contribution is -1.95.